The molecular formula is C28H39F3N4O3. The topological polar surface area (TPSA) is 66.9 Å². The molecule has 3 aliphatic rings. The van der Waals surface area contributed by atoms with Gasteiger partial charge in [0.15, 0.2) is 0 Å². The first-order valence-corrected chi connectivity index (χ1v) is 13.4. The first-order valence-electron chi connectivity index (χ1n) is 13.4. The Morgan fingerprint density at radius 1 is 1.45 bits per heavy atom. The van der Waals surface area contributed by atoms with E-state index in [9.17, 15) is 18.0 Å². The number of fused-ring (bicyclic) bond motifs is 1. The molecule has 3 heterocycles. The lowest BCUT2D eigenvalue weighted by Crippen LogP contribution is -2.51. The van der Waals surface area contributed by atoms with Crippen LogP contribution >= 0.6 is 0 Å². The summed E-state index contributed by atoms with van der Waals surface area (Å²) in [7, 11) is 3.70. The van der Waals surface area contributed by atoms with Crippen molar-refractivity contribution in [2.75, 3.05) is 40.5 Å². The molecule has 1 aromatic heterocycles. The minimum atomic E-state index is -4.49. The number of hydrogen-bond acceptors (Lipinski definition) is 6. The van der Waals surface area contributed by atoms with E-state index >= 15 is 0 Å². The van der Waals surface area contributed by atoms with Gasteiger partial charge >= 0.3 is 6.18 Å². The number of carbonyl (C=O) groups excluding carboxylic acids is 1. The Labute approximate surface area is 223 Å². The van der Waals surface area contributed by atoms with Crippen LogP contribution in [0.2, 0.25) is 0 Å². The number of ether oxygens (including phenoxy) is 2. The number of methoxy groups -OCH3 is 1. The Bertz CT molecular complexity index is 1040. The highest BCUT2D eigenvalue weighted by Gasteiger charge is 2.54. The molecule has 0 radical (unpaired) electrons. The molecule has 1 N–H and O–H groups in total. The van der Waals surface area contributed by atoms with Crippen LogP contribution in [0.3, 0.4) is 0 Å². The molecule has 7 nitrogen and oxygen atoms in total. The Balaban J connectivity index is 1.58. The number of nitrogens with one attached hydrogen (secondary N) is 1. The van der Waals surface area contributed by atoms with Crippen LogP contribution < -0.4 is 5.32 Å². The highest BCUT2D eigenvalue weighted by atomic mass is 19.4. The summed E-state index contributed by atoms with van der Waals surface area (Å²) in [6.45, 7) is 6.46. The third-order valence-electron chi connectivity index (χ3n) is 8.57. The van der Waals surface area contributed by atoms with Gasteiger partial charge in [-0.05, 0) is 57.7 Å². The zero-order valence-corrected chi connectivity index (χ0v) is 22.7. The van der Waals surface area contributed by atoms with Crippen molar-refractivity contribution >= 4 is 5.91 Å². The van der Waals surface area contributed by atoms with E-state index < -0.39 is 17.2 Å². The number of nitrogens with zero attached hydrogens (tertiary/aromatic N) is 3. The number of rotatable bonds is 7. The summed E-state index contributed by atoms with van der Waals surface area (Å²) < 4.78 is 51.2. The fraction of sp³-hybridized carbons (Fsp3) is 0.714. The maximum absolute atomic E-state index is 14.2. The van der Waals surface area contributed by atoms with E-state index in [1.165, 1.54) is 0 Å². The smallest absolute Gasteiger partial charge is 0.379 e. The molecule has 210 valence electrons. The second-order valence-corrected chi connectivity index (χ2v) is 11.2. The molecule has 2 aliphatic heterocycles. The first kappa shape index (κ1) is 28.8. The van der Waals surface area contributed by atoms with Crippen molar-refractivity contribution in [1.29, 1.82) is 0 Å². The van der Waals surface area contributed by atoms with Gasteiger partial charge in [-0.25, -0.2) is 0 Å². The van der Waals surface area contributed by atoms with E-state index in [-0.39, 0.29) is 42.6 Å². The van der Waals surface area contributed by atoms with Gasteiger partial charge in [0.1, 0.15) is 5.41 Å². The van der Waals surface area contributed by atoms with Crippen molar-refractivity contribution < 1.29 is 27.4 Å². The number of alkyl halides is 3. The Kier molecular flexibility index (Phi) is 8.72. The van der Waals surface area contributed by atoms with E-state index in [2.05, 4.69) is 35.0 Å². The zero-order valence-electron chi connectivity index (χ0n) is 22.7. The Hall–Kier alpha value is -2.19. The Morgan fingerprint density at radius 3 is 2.87 bits per heavy atom. The lowest BCUT2D eigenvalue weighted by atomic mass is 9.76. The van der Waals surface area contributed by atoms with Crippen molar-refractivity contribution in [3.05, 3.63) is 29.1 Å². The second-order valence-electron chi connectivity index (χ2n) is 11.2. The quantitative estimate of drug-likeness (QED) is 0.541. The molecule has 10 heteroatoms. The molecule has 1 amide bonds. The third-order valence-corrected chi connectivity index (χ3v) is 8.57. The summed E-state index contributed by atoms with van der Waals surface area (Å²) in [4.78, 5) is 22.1. The monoisotopic (exact) mass is 536 g/mol. The van der Waals surface area contributed by atoms with Crippen LogP contribution in [0, 0.1) is 23.7 Å². The number of terminal acetylenes is 1. The van der Waals surface area contributed by atoms with Crippen LogP contribution in [0.4, 0.5) is 13.2 Å². The van der Waals surface area contributed by atoms with Crippen molar-refractivity contribution in [3.63, 3.8) is 0 Å². The normalized spacial score (nSPS) is 29.9. The van der Waals surface area contributed by atoms with E-state index in [1.54, 1.807) is 12.0 Å². The summed E-state index contributed by atoms with van der Waals surface area (Å²) in [6, 6.07) is 1.50. The van der Waals surface area contributed by atoms with Crippen LogP contribution in [-0.2, 0) is 33.4 Å². The van der Waals surface area contributed by atoms with Gasteiger partial charge in [-0.2, -0.15) is 13.2 Å². The summed E-state index contributed by atoms with van der Waals surface area (Å²) in [6.07, 6.45) is 4.89. The van der Waals surface area contributed by atoms with Gasteiger partial charge in [-0.1, -0.05) is 5.92 Å². The van der Waals surface area contributed by atoms with E-state index in [1.807, 2.05) is 7.05 Å². The molecule has 5 atom stereocenters. The average molecular weight is 537 g/mol. The van der Waals surface area contributed by atoms with Gasteiger partial charge in [0.25, 0.3) is 0 Å². The summed E-state index contributed by atoms with van der Waals surface area (Å²) >= 11 is 0. The van der Waals surface area contributed by atoms with E-state index in [0.717, 1.165) is 25.1 Å². The van der Waals surface area contributed by atoms with E-state index in [4.69, 9.17) is 15.9 Å². The molecule has 1 saturated heterocycles. The van der Waals surface area contributed by atoms with Crippen LogP contribution in [-0.4, -0.2) is 85.4 Å². The number of carbonyl (C=O) groups is 1. The molecule has 38 heavy (non-hydrogen) atoms. The molecule has 0 aromatic carbocycles. The first-order chi connectivity index (χ1) is 18.0. The van der Waals surface area contributed by atoms with Crippen molar-refractivity contribution in [2.24, 2.45) is 11.3 Å². The number of pyridine rings is 1. The number of amides is 1. The molecular weight excluding hydrogens is 497 g/mol. The Morgan fingerprint density at radius 2 is 2.21 bits per heavy atom. The van der Waals surface area contributed by atoms with Crippen LogP contribution in [0.15, 0.2) is 12.3 Å². The van der Waals surface area contributed by atoms with Gasteiger partial charge in [0.05, 0.1) is 18.3 Å². The number of halogens is 3. The van der Waals surface area contributed by atoms with Crippen LogP contribution in [0.25, 0.3) is 0 Å². The molecule has 1 saturated carbocycles. The lowest BCUT2D eigenvalue weighted by Gasteiger charge is -2.39. The number of hydrogen-bond donors (Lipinski definition) is 1. The minimum absolute atomic E-state index is 0.0110. The SMILES string of the molecule is C#C[C@@]1(C(=O)N2CCc3ncc(C(F)(F)F)cc3C2)C[C@H](NC2CCOCC2OC)C[C@H]1CN(C)C(C)C. The van der Waals surface area contributed by atoms with Gasteiger partial charge in [0.2, 0.25) is 5.91 Å². The number of aromatic nitrogens is 1. The minimum Gasteiger partial charge on any atom is -0.379 e. The summed E-state index contributed by atoms with van der Waals surface area (Å²) in [5, 5.41) is 3.71. The fourth-order valence-corrected chi connectivity index (χ4v) is 6.07. The predicted octanol–water partition coefficient (Wildman–Crippen LogP) is 3.12. The highest BCUT2D eigenvalue weighted by Crippen LogP contribution is 2.46. The maximum atomic E-state index is 14.2. The molecule has 1 aromatic rings. The lowest BCUT2D eigenvalue weighted by molar-refractivity contribution is -0.142. The third kappa shape index (κ3) is 5.86. The molecule has 0 spiro atoms. The van der Waals surface area contributed by atoms with Crippen molar-refractivity contribution in [2.45, 2.75) is 76.5 Å². The molecule has 4 rings (SSSR count). The van der Waals surface area contributed by atoms with E-state index in [0.29, 0.717) is 50.4 Å². The van der Waals surface area contributed by atoms with Gasteiger partial charge in [-0.15, -0.1) is 6.42 Å². The fourth-order valence-electron chi connectivity index (χ4n) is 6.07. The highest BCUT2D eigenvalue weighted by molar-refractivity contribution is 5.87. The molecule has 2 unspecified atom stereocenters. The maximum Gasteiger partial charge on any atom is 0.417 e. The average Bonchev–Trinajstić information content (AvgIpc) is 3.24. The van der Waals surface area contributed by atoms with Crippen molar-refractivity contribution in [1.82, 2.24) is 20.1 Å². The van der Waals surface area contributed by atoms with Crippen LogP contribution in [0.5, 0.6) is 0 Å². The van der Waals surface area contributed by atoms with Gasteiger partial charge in [0, 0.05) is 69.8 Å². The van der Waals surface area contributed by atoms with Crippen LogP contribution in [0.1, 0.15) is 49.9 Å². The zero-order chi connectivity index (χ0) is 27.7. The standard InChI is InChI=1S/C28H39F3N4O3/c1-6-27(26(36)35-9-7-23-19(15-35)11-20(14-32-23)28(29,30)31)13-22(12-21(27)16-34(4)18(2)3)33-24-8-10-38-17-25(24)37-5/h1,11,14,18,21-22,24-25,33H,7-10,12-13,15-17H2,2-5H3/t21-,22+,24?,25?,27+/m0/s1. The molecule has 0 bridgehead atoms. The van der Waals surface area contributed by atoms with Gasteiger partial charge in [-0.3, -0.25) is 9.78 Å². The predicted molar refractivity (Wildman–Crippen MR) is 137 cm³/mol. The van der Waals surface area contributed by atoms with Gasteiger partial charge < -0.3 is 24.6 Å². The summed E-state index contributed by atoms with van der Waals surface area (Å²) in [5.41, 5.74) is -0.826. The van der Waals surface area contributed by atoms with Crippen molar-refractivity contribution in [3.8, 4) is 12.3 Å². The second kappa shape index (κ2) is 11.5. The molecule has 2 fully saturated rings. The summed E-state index contributed by atoms with van der Waals surface area (Å²) in [5.74, 6) is 2.63. The molecule has 1 aliphatic carbocycles. The largest absolute Gasteiger partial charge is 0.417 e.